The molecule has 0 bridgehead atoms. The number of ether oxygens (including phenoxy) is 1. The minimum atomic E-state index is -2.79. The van der Waals surface area contributed by atoms with Crippen LogP contribution in [0.1, 0.15) is 25.5 Å². The van der Waals surface area contributed by atoms with E-state index in [2.05, 4.69) is 28.8 Å². The van der Waals surface area contributed by atoms with Crippen molar-refractivity contribution in [2.75, 3.05) is 6.54 Å². The van der Waals surface area contributed by atoms with Gasteiger partial charge in [-0.2, -0.15) is 19.0 Å². The lowest BCUT2D eigenvalue weighted by Gasteiger charge is -2.20. The minimum Gasteiger partial charge on any atom is -0.435 e. The Morgan fingerprint density at radius 3 is 2.44 bits per heavy atom. The van der Waals surface area contributed by atoms with E-state index in [1.165, 1.54) is 0 Å². The summed E-state index contributed by atoms with van der Waals surface area (Å²) in [5.41, 5.74) is 0.997. The normalized spacial score (nSPS) is 23.0. The monoisotopic (exact) mass is 254 g/mol. The summed E-state index contributed by atoms with van der Waals surface area (Å²) in [6.45, 7) is 2.23. The summed E-state index contributed by atoms with van der Waals surface area (Å²) in [4.78, 5) is 0. The van der Waals surface area contributed by atoms with Crippen molar-refractivity contribution < 1.29 is 13.5 Å². The lowest BCUT2D eigenvalue weighted by Crippen LogP contribution is -2.16. The Kier molecular flexibility index (Phi) is 3.89. The molecule has 0 fully saturated rings. The van der Waals surface area contributed by atoms with Crippen LogP contribution >= 0.6 is 0 Å². The summed E-state index contributed by atoms with van der Waals surface area (Å²) in [7, 11) is 0. The van der Waals surface area contributed by atoms with Crippen molar-refractivity contribution in [1.29, 1.82) is 0 Å². The summed E-state index contributed by atoms with van der Waals surface area (Å²) in [6, 6.07) is 6.69. The molecule has 1 heterocycles. The van der Waals surface area contributed by atoms with Gasteiger partial charge in [0.1, 0.15) is 11.8 Å². The van der Waals surface area contributed by atoms with E-state index in [1.807, 2.05) is 0 Å². The second-order valence-corrected chi connectivity index (χ2v) is 4.74. The van der Waals surface area contributed by atoms with Gasteiger partial charge in [-0.15, -0.1) is 0 Å². The van der Waals surface area contributed by atoms with Crippen molar-refractivity contribution in [2.24, 2.45) is 22.1 Å². The number of rotatable bonds is 4. The topological polar surface area (TPSA) is 34.0 Å². The van der Waals surface area contributed by atoms with Gasteiger partial charge in [0.15, 0.2) is 0 Å². The molecule has 0 amide bonds. The Bertz CT molecular complexity index is 418. The molecule has 0 N–H and O–H groups in total. The van der Waals surface area contributed by atoms with E-state index >= 15 is 0 Å². The average molecular weight is 254 g/mol. The van der Waals surface area contributed by atoms with Crippen LogP contribution in [0.15, 0.2) is 34.5 Å². The SMILES string of the molecule is CC(C)C1CN=NC1c1ccc(OC(F)F)cc1. The van der Waals surface area contributed by atoms with Gasteiger partial charge in [-0.05, 0) is 23.6 Å². The molecular formula is C13H16F2N2O. The number of benzene rings is 1. The Labute approximate surface area is 105 Å². The summed E-state index contributed by atoms with van der Waals surface area (Å²) < 4.78 is 28.4. The summed E-state index contributed by atoms with van der Waals surface area (Å²) >= 11 is 0. The number of halogens is 2. The third-order valence-electron chi connectivity index (χ3n) is 3.21. The fourth-order valence-corrected chi connectivity index (χ4v) is 2.15. The second-order valence-electron chi connectivity index (χ2n) is 4.74. The molecule has 2 unspecified atom stereocenters. The highest BCUT2D eigenvalue weighted by atomic mass is 19.3. The first-order valence-electron chi connectivity index (χ1n) is 5.99. The molecule has 0 aliphatic carbocycles. The Balaban J connectivity index is 2.11. The number of nitrogens with zero attached hydrogens (tertiary/aromatic N) is 2. The zero-order chi connectivity index (χ0) is 13.1. The maximum absolute atomic E-state index is 12.0. The molecule has 2 atom stereocenters. The zero-order valence-corrected chi connectivity index (χ0v) is 10.4. The zero-order valence-electron chi connectivity index (χ0n) is 10.4. The van der Waals surface area contributed by atoms with E-state index in [4.69, 9.17) is 0 Å². The Hall–Kier alpha value is -1.52. The fraction of sp³-hybridized carbons (Fsp3) is 0.538. The quantitative estimate of drug-likeness (QED) is 0.797. The maximum Gasteiger partial charge on any atom is 0.387 e. The molecule has 1 aliphatic heterocycles. The number of azo groups is 1. The lowest BCUT2D eigenvalue weighted by molar-refractivity contribution is -0.0498. The van der Waals surface area contributed by atoms with Crippen LogP contribution in [0.4, 0.5) is 8.78 Å². The number of hydrogen-bond acceptors (Lipinski definition) is 3. The molecule has 0 radical (unpaired) electrons. The highest BCUT2D eigenvalue weighted by Crippen LogP contribution is 2.36. The van der Waals surface area contributed by atoms with E-state index < -0.39 is 6.61 Å². The predicted octanol–water partition coefficient (Wildman–Crippen LogP) is 4.07. The van der Waals surface area contributed by atoms with E-state index in [9.17, 15) is 8.78 Å². The molecule has 0 saturated heterocycles. The first kappa shape index (κ1) is 12.9. The van der Waals surface area contributed by atoms with Crippen LogP contribution in [0.5, 0.6) is 5.75 Å². The first-order chi connectivity index (χ1) is 8.58. The van der Waals surface area contributed by atoms with Crippen LogP contribution in [0, 0.1) is 11.8 Å². The van der Waals surface area contributed by atoms with Crippen molar-refractivity contribution in [2.45, 2.75) is 26.5 Å². The van der Waals surface area contributed by atoms with Crippen LogP contribution in [-0.2, 0) is 0 Å². The highest BCUT2D eigenvalue weighted by Gasteiger charge is 2.29. The van der Waals surface area contributed by atoms with E-state index in [1.54, 1.807) is 24.3 Å². The van der Waals surface area contributed by atoms with Gasteiger partial charge < -0.3 is 4.74 Å². The minimum absolute atomic E-state index is 0.0330. The van der Waals surface area contributed by atoms with Crippen LogP contribution in [-0.4, -0.2) is 13.2 Å². The molecule has 2 rings (SSSR count). The fourth-order valence-electron chi connectivity index (χ4n) is 2.15. The molecule has 98 valence electrons. The van der Waals surface area contributed by atoms with Gasteiger partial charge in [0, 0.05) is 5.92 Å². The third kappa shape index (κ3) is 2.83. The van der Waals surface area contributed by atoms with Crippen molar-refractivity contribution in [1.82, 2.24) is 0 Å². The summed E-state index contributed by atoms with van der Waals surface area (Å²) in [5.74, 6) is 1.04. The molecule has 1 aromatic carbocycles. The van der Waals surface area contributed by atoms with Crippen LogP contribution in [0.3, 0.4) is 0 Å². The van der Waals surface area contributed by atoms with Gasteiger partial charge in [-0.1, -0.05) is 26.0 Å². The molecule has 3 nitrogen and oxygen atoms in total. The standard InChI is InChI=1S/C13H16F2N2O/c1-8(2)11-7-16-17-12(11)9-3-5-10(6-4-9)18-13(14)15/h3-6,8,11-13H,7H2,1-2H3. The largest absolute Gasteiger partial charge is 0.435 e. The Morgan fingerprint density at radius 1 is 1.22 bits per heavy atom. The summed E-state index contributed by atoms with van der Waals surface area (Å²) in [6.07, 6.45) is 0. The van der Waals surface area contributed by atoms with Crippen LogP contribution in [0.2, 0.25) is 0 Å². The molecule has 5 heteroatoms. The molecule has 18 heavy (non-hydrogen) atoms. The van der Waals surface area contributed by atoms with Crippen molar-refractivity contribution in [3.63, 3.8) is 0 Å². The van der Waals surface area contributed by atoms with Crippen molar-refractivity contribution in [3.8, 4) is 5.75 Å². The first-order valence-corrected chi connectivity index (χ1v) is 5.99. The van der Waals surface area contributed by atoms with Crippen molar-refractivity contribution in [3.05, 3.63) is 29.8 Å². The second kappa shape index (κ2) is 5.42. The van der Waals surface area contributed by atoms with Gasteiger partial charge in [0.05, 0.1) is 6.54 Å². The molecule has 0 saturated carbocycles. The maximum atomic E-state index is 12.0. The molecule has 1 aliphatic rings. The average Bonchev–Trinajstić information content (AvgIpc) is 2.78. The van der Waals surface area contributed by atoms with Gasteiger partial charge in [-0.25, -0.2) is 0 Å². The van der Waals surface area contributed by atoms with Crippen LogP contribution < -0.4 is 4.74 Å². The summed E-state index contributed by atoms with van der Waals surface area (Å²) in [5, 5.41) is 8.32. The number of alkyl halides is 2. The molecule has 1 aromatic rings. The van der Waals surface area contributed by atoms with Crippen LogP contribution in [0.25, 0.3) is 0 Å². The van der Waals surface area contributed by atoms with Gasteiger partial charge >= 0.3 is 6.61 Å². The molecule has 0 aromatic heterocycles. The smallest absolute Gasteiger partial charge is 0.387 e. The van der Waals surface area contributed by atoms with E-state index in [0.29, 0.717) is 11.8 Å². The van der Waals surface area contributed by atoms with Gasteiger partial charge in [0.25, 0.3) is 0 Å². The van der Waals surface area contributed by atoms with Gasteiger partial charge in [0.2, 0.25) is 0 Å². The highest BCUT2D eigenvalue weighted by molar-refractivity contribution is 5.30. The molecular weight excluding hydrogens is 238 g/mol. The van der Waals surface area contributed by atoms with E-state index in [0.717, 1.165) is 12.1 Å². The Morgan fingerprint density at radius 2 is 1.89 bits per heavy atom. The van der Waals surface area contributed by atoms with Gasteiger partial charge in [-0.3, -0.25) is 0 Å². The van der Waals surface area contributed by atoms with Crippen molar-refractivity contribution >= 4 is 0 Å². The number of hydrogen-bond donors (Lipinski definition) is 0. The third-order valence-corrected chi connectivity index (χ3v) is 3.21. The predicted molar refractivity (Wildman–Crippen MR) is 63.9 cm³/mol. The molecule has 0 spiro atoms. The lowest BCUT2D eigenvalue weighted by atomic mass is 9.86. The van der Waals surface area contributed by atoms with E-state index in [-0.39, 0.29) is 11.8 Å².